The number of hydrogen-bond donors (Lipinski definition) is 1. The molecule has 1 aromatic heterocycles. The summed E-state index contributed by atoms with van der Waals surface area (Å²) in [6, 6.07) is 11.6. The zero-order valence-corrected chi connectivity index (χ0v) is 12.4. The molecule has 0 radical (unpaired) electrons. The van der Waals surface area contributed by atoms with Gasteiger partial charge < -0.3 is 10.5 Å². The number of pyridine rings is 1. The average molecular weight is 291 g/mol. The summed E-state index contributed by atoms with van der Waals surface area (Å²) < 4.78 is 5.71. The lowest BCUT2D eigenvalue weighted by Crippen LogP contribution is -2.01. The van der Waals surface area contributed by atoms with Crippen LogP contribution >= 0.6 is 11.6 Å². The molecule has 106 valence electrons. The lowest BCUT2D eigenvalue weighted by Gasteiger charge is -2.08. The molecule has 0 fully saturated rings. The highest BCUT2D eigenvalue weighted by atomic mass is 35.5. The van der Waals surface area contributed by atoms with Crippen molar-refractivity contribution >= 4 is 11.6 Å². The first-order valence-corrected chi connectivity index (χ1v) is 7.23. The number of unbranched alkanes of at least 4 members (excludes halogenated alkanes) is 1. The zero-order chi connectivity index (χ0) is 14.4. The van der Waals surface area contributed by atoms with Crippen LogP contribution in [0.1, 0.15) is 31.0 Å². The Bertz CT molecular complexity index is 555. The van der Waals surface area contributed by atoms with Crippen molar-refractivity contribution in [2.45, 2.75) is 32.7 Å². The molecular formula is C16H19ClN2O. The molecule has 0 saturated heterocycles. The molecule has 0 spiro atoms. The van der Waals surface area contributed by atoms with Crippen LogP contribution in [0, 0.1) is 0 Å². The molecule has 0 aliphatic carbocycles. The third-order valence-corrected chi connectivity index (χ3v) is 3.40. The van der Waals surface area contributed by atoms with E-state index in [-0.39, 0.29) is 0 Å². The number of nitrogens with two attached hydrogens (primary N) is 1. The summed E-state index contributed by atoms with van der Waals surface area (Å²) in [5, 5.41) is 0.565. The van der Waals surface area contributed by atoms with Gasteiger partial charge in [-0.1, -0.05) is 37.1 Å². The van der Waals surface area contributed by atoms with Crippen molar-refractivity contribution in [3.05, 3.63) is 52.7 Å². The van der Waals surface area contributed by atoms with Crippen LogP contribution in [0.2, 0.25) is 5.02 Å². The Balaban J connectivity index is 2.06. The van der Waals surface area contributed by atoms with Crippen molar-refractivity contribution in [1.29, 1.82) is 0 Å². The van der Waals surface area contributed by atoms with E-state index >= 15 is 0 Å². The highest BCUT2D eigenvalue weighted by molar-refractivity contribution is 6.31. The molecular weight excluding hydrogens is 272 g/mol. The topological polar surface area (TPSA) is 48.1 Å². The molecule has 0 bridgehead atoms. The van der Waals surface area contributed by atoms with Crippen molar-refractivity contribution in [2.75, 3.05) is 0 Å². The largest absolute Gasteiger partial charge is 0.439 e. The second-order valence-electron chi connectivity index (χ2n) is 4.63. The Morgan fingerprint density at radius 1 is 1.15 bits per heavy atom. The van der Waals surface area contributed by atoms with E-state index in [9.17, 15) is 0 Å². The molecule has 4 heteroatoms. The molecule has 0 saturated carbocycles. The molecule has 0 unspecified atom stereocenters. The highest BCUT2D eigenvalue weighted by Gasteiger charge is 2.04. The van der Waals surface area contributed by atoms with E-state index in [2.05, 4.69) is 24.0 Å². The number of benzene rings is 1. The summed E-state index contributed by atoms with van der Waals surface area (Å²) >= 11 is 5.97. The van der Waals surface area contributed by atoms with Crippen LogP contribution in [-0.2, 0) is 13.0 Å². The van der Waals surface area contributed by atoms with E-state index in [1.54, 1.807) is 12.1 Å². The summed E-state index contributed by atoms with van der Waals surface area (Å²) in [4.78, 5) is 4.28. The highest BCUT2D eigenvalue weighted by Crippen LogP contribution is 2.23. The maximum absolute atomic E-state index is 5.97. The molecule has 20 heavy (non-hydrogen) atoms. The minimum absolute atomic E-state index is 0.298. The summed E-state index contributed by atoms with van der Waals surface area (Å²) in [5.74, 6) is 1.28. The number of halogens is 1. The number of aryl methyl sites for hydroxylation is 1. The monoisotopic (exact) mass is 290 g/mol. The standard InChI is InChI=1S/C16H19ClN2O/c1-2-3-4-12-5-7-13(8-6-12)20-16-10-9-14(17)15(11-18)19-16/h5-10H,2-4,11,18H2,1H3. The summed E-state index contributed by atoms with van der Waals surface area (Å²) in [6.07, 6.45) is 3.51. The minimum Gasteiger partial charge on any atom is -0.439 e. The zero-order valence-electron chi connectivity index (χ0n) is 11.6. The van der Waals surface area contributed by atoms with Crippen molar-refractivity contribution in [1.82, 2.24) is 4.98 Å². The van der Waals surface area contributed by atoms with Crippen molar-refractivity contribution < 1.29 is 4.74 Å². The van der Waals surface area contributed by atoms with Gasteiger partial charge in [-0.2, -0.15) is 0 Å². The first-order valence-electron chi connectivity index (χ1n) is 6.85. The van der Waals surface area contributed by atoms with Crippen LogP contribution in [0.4, 0.5) is 0 Å². The van der Waals surface area contributed by atoms with Crippen LogP contribution < -0.4 is 10.5 Å². The fraction of sp³-hybridized carbons (Fsp3) is 0.312. The lowest BCUT2D eigenvalue weighted by molar-refractivity contribution is 0.460. The van der Waals surface area contributed by atoms with Gasteiger partial charge in [0.2, 0.25) is 5.88 Å². The van der Waals surface area contributed by atoms with Gasteiger partial charge in [0.05, 0.1) is 10.7 Å². The number of hydrogen-bond acceptors (Lipinski definition) is 3. The molecule has 2 rings (SSSR count). The summed E-state index contributed by atoms with van der Waals surface area (Å²) in [5.41, 5.74) is 7.54. The van der Waals surface area contributed by atoms with Crippen LogP contribution in [0.25, 0.3) is 0 Å². The molecule has 2 aromatic rings. The Morgan fingerprint density at radius 2 is 1.90 bits per heavy atom. The predicted molar refractivity (Wildman–Crippen MR) is 82.3 cm³/mol. The molecule has 0 atom stereocenters. The Hall–Kier alpha value is -1.58. The van der Waals surface area contributed by atoms with E-state index in [0.717, 1.165) is 12.2 Å². The normalized spacial score (nSPS) is 10.6. The van der Waals surface area contributed by atoms with Crippen molar-refractivity contribution in [3.63, 3.8) is 0 Å². The van der Waals surface area contributed by atoms with Crippen LogP contribution in [0.15, 0.2) is 36.4 Å². The molecule has 0 amide bonds. The van der Waals surface area contributed by atoms with Crippen LogP contribution in [0.5, 0.6) is 11.6 Å². The van der Waals surface area contributed by atoms with E-state index < -0.39 is 0 Å². The lowest BCUT2D eigenvalue weighted by atomic mass is 10.1. The van der Waals surface area contributed by atoms with Crippen molar-refractivity contribution in [3.8, 4) is 11.6 Å². The van der Waals surface area contributed by atoms with Crippen LogP contribution in [0.3, 0.4) is 0 Å². The number of aromatic nitrogens is 1. The van der Waals surface area contributed by atoms with E-state index in [0.29, 0.717) is 23.1 Å². The average Bonchev–Trinajstić information content (AvgIpc) is 2.48. The number of ether oxygens (including phenoxy) is 1. The van der Waals surface area contributed by atoms with Gasteiger partial charge in [0.25, 0.3) is 0 Å². The summed E-state index contributed by atoms with van der Waals surface area (Å²) in [6.45, 7) is 2.49. The summed E-state index contributed by atoms with van der Waals surface area (Å²) in [7, 11) is 0. The van der Waals surface area contributed by atoms with Gasteiger partial charge in [0.15, 0.2) is 0 Å². The predicted octanol–water partition coefficient (Wildman–Crippen LogP) is 4.33. The maximum Gasteiger partial charge on any atom is 0.219 e. The fourth-order valence-corrected chi connectivity index (χ4v) is 2.07. The molecule has 1 heterocycles. The number of nitrogens with zero attached hydrogens (tertiary/aromatic N) is 1. The van der Waals surface area contributed by atoms with Gasteiger partial charge in [-0.05, 0) is 36.6 Å². The van der Waals surface area contributed by atoms with Gasteiger partial charge in [0, 0.05) is 12.6 Å². The SMILES string of the molecule is CCCCc1ccc(Oc2ccc(Cl)c(CN)n2)cc1. The van der Waals surface area contributed by atoms with Gasteiger partial charge in [-0.3, -0.25) is 0 Å². The van der Waals surface area contributed by atoms with Crippen LogP contribution in [-0.4, -0.2) is 4.98 Å². The Morgan fingerprint density at radius 3 is 2.55 bits per heavy atom. The van der Waals surface area contributed by atoms with Gasteiger partial charge >= 0.3 is 0 Å². The van der Waals surface area contributed by atoms with Gasteiger partial charge in [-0.15, -0.1) is 0 Å². The van der Waals surface area contributed by atoms with E-state index in [1.165, 1.54) is 18.4 Å². The maximum atomic E-state index is 5.97. The first kappa shape index (κ1) is 14.8. The second-order valence-corrected chi connectivity index (χ2v) is 5.04. The minimum atomic E-state index is 0.298. The quantitative estimate of drug-likeness (QED) is 0.861. The van der Waals surface area contributed by atoms with Gasteiger partial charge in [-0.25, -0.2) is 4.98 Å². The Kier molecular flexibility index (Phi) is 5.39. The molecule has 3 nitrogen and oxygen atoms in total. The fourth-order valence-electron chi connectivity index (χ4n) is 1.89. The third-order valence-electron chi connectivity index (χ3n) is 3.05. The molecule has 0 aliphatic rings. The smallest absolute Gasteiger partial charge is 0.219 e. The first-order chi connectivity index (χ1) is 9.72. The van der Waals surface area contributed by atoms with E-state index in [1.807, 2.05) is 12.1 Å². The van der Waals surface area contributed by atoms with Gasteiger partial charge in [0.1, 0.15) is 5.75 Å². The molecule has 1 aromatic carbocycles. The van der Waals surface area contributed by atoms with Crippen molar-refractivity contribution in [2.24, 2.45) is 5.73 Å². The molecule has 2 N–H and O–H groups in total. The number of rotatable bonds is 6. The molecule has 0 aliphatic heterocycles. The van der Waals surface area contributed by atoms with E-state index in [4.69, 9.17) is 22.1 Å². The third kappa shape index (κ3) is 3.95. The second kappa shape index (κ2) is 7.27. The Labute approximate surface area is 124 Å².